The molecule has 2 saturated carbocycles. The Balaban J connectivity index is 1.36. The molecule has 2 aliphatic carbocycles. The highest BCUT2D eigenvalue weighted by atomic mass is 16.5. The molecule has 0 radical (unpaired) electrons. The maximum absolute atomic E-state index is 12.8. The molecule has 0 unspecified atom stereocenters. The molecule has 0 spiro atoms. The number of hydrogen-bond donors (Lipinski definition) is 2. The zero-order chi connectivity index (χ0) is 16.1. The van der Waals surface area contributed by atoms with Crippen LogP contribution >= 0.6 is 0 Å². The van der Waals surface area contributed by atoms with Crippen LogP contribution in [0.15, 0.2) is 30.5 Å². The largest absolute Gasteiger partial charge is 0.377 e. The van der Waals surface area contributed by atoms with Gasteiger partial charge in [-0.15, -0.1) is 0 Å². The van der Waals surface area contributed by atoms with Gasteiger partial charge in [0.1, 0.15) is 0 Å². The number of carbonyl (C=O) groups is 1. The van der Waals surface area contributed by atoms with Crippen molar-refractivity contribution < 1.29 is 9.53 Å². The molecule has 1 aromatic heterocycles. The molecule has 1 aliphatic heterocycles. The second kappa shape index (κ2) is 5.62. The molecule has 4 atom stereocenters. The van der Waals surface area contributed by atoms with Gasteiger partial charge in [0.25, 0.3) is 5.91 Å². The maximum atomic E-state index is 12.8. The predicted molar refractivity (Wildman–Crippen MR) is 92.8 cm³/mol. The first-order valence-electron chi connectivity index (χ1n) is 9.31. The monoisotopic (exact) mass is 324 g/mol. The Morgan fingerprint density at radius 3 is 2.92 bits per heavy atom. The van der Waals surface area contributed by atoms with E-state index in [1.54, 1.807) is 0 Å². The van der Waals surface area contributed by atoms with Gasteiger partial charge in [0.05, 0.1) is 6.10 Å². The summed E-state index contributed by atoms with van der Waals surface area (Å²) in [6.45, 7) is 0.861. The summed E-state index contributed by atoms with van der Waals surface area (Å²) >= 11 is 0. The van der Waals surface area contributed by atoms with Crippen LogP contribution in [0.25, 0.3) is 10.9 Å². The Hall–Kier alpha value is -1.81. The molecule has 24 heavy (non-hydrogen) atoms. The average molecular weight is 324 g/mol. The molecule has 1 amide bonds. The van der Waals surface area contributed by atoms with E-state index in [-0.39, 0.29) is 5.91 Å². The van der Waals surface area contributed by atoms with Crippen molar-refractivity contribution in [1.82, 2.24) is 10.3 Å². The maximum Gasteiger partial charge on any atom is 0.251 e. The van der Waals surface area contributed by atoms with Gasteiger partial charge < -0.3 is 15.0 Å². The highest BCUT2D eigenvalue weighted by Crippen LogP contribution is 2.51. The molecule has 1 aromatic carbocycles. The van der Waals surface area contributed by atoms with Crippen molar-refractivity contribution in [3.05, 3.63) is 36.0 Å². The molecule has 0 bridgehead atoms. The fourth-order valence-electron chi connectivity index (χ4n) is 5.29. The first kappa shape index (κ1) is 14.5. The lowest BCUT2D eigenvalue weighted by molar-refractivity contribution is -0.0784. The van der Waals surface area contributed by atoms with Crippen LogP contribution < -0.4 is 5.32 Å². The minimum atomic E-state index is 0.0662. The van der Waals surface area contributed by atoms with E-state index in [2.05, 4.69) is 10.3 Å². The molecule has 2 heterocycles. The molecule has 1 saturated heterocycles. The van der Waals surface area contributed by atoms with Crippen molar-refractivity contribution in [1.29, 1.82) is 0 Å². The minimum Gasteiger partial charge on any atom is -0.377 e. The lowest BCUT2D eigenvalue weighted by Crippen LogP contribution is -2.63. The predicted octanol–water partition coefficient (Wildman–Crippen LogP) is 3.49. The van der Waals surface area contributed by atoms with Crippen LogP contribution in [0.1, 0.15) is 42.5 Å². The van der Waals surface area contributed by atoms with Gasteiger partial charge in [-0.05, 0) is 36.6 Å². The molecular weight excluding hydrogens is 300 g/mol. The van der Waals surface area contributed by atoms with Gasteiger partial charge in [-0.3, -0.25) is 4.79 Å². The number of hydrogen-bond acceptors (Lipinski definition) is 2. The second-order valence-electron chi connectivity index (χ2n) is 7.69. The summed E-state index contributed by atoms with van der Waals surface area (Å²) in [6, 6.07) is 8.20. The van der Waals surface area contributed by atoms with Crippen molar-refractivity contribution in [2.45, 2.75) is 44.2 Å². The molecule has 126 valence electrons. The summed E-state index contributed by atoms with van der Waals surface area (Å²) in [7, 11) is 0. The van der Waals surface area contributed by atoms with E-state index in [9.17, 15) is 4.79 Å². The first-order valence-corrected chi connectivity index (χ1v) is 9.31. The molecule has 4 heteroatoms. The topological polar surface area (TPSA) is 54.1 Å². The summed E-state index contributed by atoms with van der Waals surface area (Å²) in [6.07, 6.45) is 8.68. The fraction of sp³-hybridized carbons (Fsp3) is 0.550. The normalized spacial score (nSPS) is 32.7. The Morgan fingerprint density at radius 2 is 2.04 bits per heavy atom. The molecule has 3 fully saturated rings. The number of H-pyrrole nitrogens is 1. The number of fused-ring (bicyclic) bond motifs is 2. The zero-order valence-corrected chi connectivity index (χ0v) is 13.8. The van der Waals surface area contributed by atoms with Gasteiger partial charge in [-0.1, -0.05) is 25.7 Å². The van der Waals surface area contributed by atoms with Gasteiger partial charge in [0.2, 0.25) is 0 Å². The number of aromatic nitrogens is 1. The van der Waals surface area contributed by atoms with E-state index >= 15 is 0 Å². The van der Waals surface area contributed by atoms with E-state index < -0.39 is 0 Å². The third kappa shape index (κ3) is 2.20. The number of carbonyl (C=O) groups excluding carboxylic acids is 1. The van der Waals surface area contributed by atoms with Gasteiger partial charge >= 0.3 is 0 Å². The van der Waals surface area contributed by atoms with Gasteiger partial charge in [-0.2, -0.15) is 0 Å². The first-order chi connectivity index (χ1) is 11.8. The third-order valence-electron chi connectivity index (χ3n) is 6.50. The smallest absolute Gasteiger partial charge is 0.251 e. The lowest BCUT2D eigenvalue weighted by atomic mass is 9.61. The summed E-state index contributed by atoms with van der Waals surface area (Å²) in [4.78, 5) is 16.0. The molecule has 4 nitrogen and oxygen atoms in total. The quantitative estimate of drug-likeness (QED) is 0.908. The van der Waals surface area contributed by atoms with Gasteiger partial charge in [0.15, 0.2) is 0 Å². The van der Waals surface area contributed by atoms with Crippen LogP contribution in [0, 0.1) is 17.8 Å². The summed E-state index contributed by atoms with van der Waals surface area (Å²) in [5.74, 6) is 1.86. The SMILES string of the molecule is O=C(N[C@@H]1[C@@H]2CCO[C@@H]2[C@@H]1C1CCCC1)c1ccc2[nH]ccc2c1. The van der Waals surface area contributed by atoms with Crippen molar-refractivity contribution >= 4 is 16.8 Å². The number of nitrogens with one attached hydrogen (secondary N) is 2. The number of benzene rings is 1. The van der Waals surface area contributed by atoms with E-state index in [0.717, 1.165) is 35.4 Å². The Morgan fingerprint density at radius 1 is 1.17 bits per heavy atom. The Bertz CT molecular complexity index is 757. The fourth-order valence-corrected chi connectivity index (χ4v) is 5.29. The van der Waals surface area contributed by atoms with Crippen LogP contribution in [0.2, 0.25) is 0 Å². The van der Waals surface area contributed by atoms with E-state index in [1.165, 1.54) is 25.7 Å². The number of ether oxygens (including phenoxy) is 1. The molecule has 5 rings (SSSR count). The molecule has 2 aromatic rings. The van der Waals surface area contributed by atoms with Crippen molar-refractivity contribution in [3.8, 4) is 0 Å². The standard InChI is InChI=1S/C20H24N2O2/c23-20(14-5-6-16-13(11-14)7-9-21-16)22-18-15-8-10-24-19(15)17(18)12-3-1-2-4-12/h5-7,9,11-12,15,17-19,21H,1-4,8,10H2,(H,22,23)/t15-,17+,18+,19-/m0/s1. The number of aromatic amines is 1. The number of amides is 1. The van der Waals surface area contributed by atoms with Crippen LogP contribution in [0.5, 0.6) is 0 Å². The highest BCUT2D eigenvalue weighted by Gasteiger charge is 2.57. The summed E-state index contributed by atoms with van der Waals surface area (Å²) in [5, 5.41) is 4.45. The van der Waals surface area contributed by atoms with Gasteiger partial charge in [-0.25, -0.2) is 0 Å². The average Bonchev–Trinajstić information content (AvgIpc) is 3.33. The van der Waals surface area contributed by atoms with Gasteiger partial charge in [0, 0.05) is 47.1 Å². The van der Waals surface area contributed by atoms with Crippen LogP contribution in [0.3, 0.4) is 0 Å². The molecular formula is C20H24N2O2. The zero-order valence-electron chi connectivity index (χ0n) is 13.8. The van der Waals surface area contributed by atoms with Crippen molar-refractivity contribution in [2.75, 3.05) is 6.61 Å². The molecule has 2 N–H and O–H groups in total. The highest BCUT2D eigenvalue weighted by molar-refractivity contribution is 5.98. The number of rotatable bonds is 3. The van der Waals surface area contributed by atoms with Crippen LogP contribution in [-0.2, 0) is 4.74 Å². The van der Waals surface area contributed by atoms with Crippen LogP contribution in [0.4, 0.5) is 0 Å². The van der Waals surface area contributed by atoms with E-state index in [1.807, 2.05) is 30.5 Å². The summed E-state index contributed by atoms with van der Waals surface area (Å²) < 4.78 is 5.99. The second-order valence-corrected chi connectivity index (χ2v) is 7.69. The molecule has 3 aliphatic rings. The third-order valence-corrected chi connectivity index (χ3v) is 6.50. The van der Waals surface area contributed by atoms with E-state index in [4.69, 9.17) is 4.74 Å². The van der Waals surface area contributed by atoms with Crippen molar-refractivity contribution in [3.63, 3.8) is 0 Å². The lowest BCUT2D eigenvalue weighted by Gasteiger charge is -2.50. The Kier molecular flexibility index (Phi) is 3.40. The minimum absolute atomic E-state index is 0.0662. The van der Waals surface area contributed by atoms with E-state index in [0.29, 0.717) is 24.0 Å². The van der Waals surface area contributed by atoms with Crippen molar-refractivity contribution in [2.24, 2.45) is 17.8 Å². The summed E-state index contributed by atoms with van der Waals surface area (Å²) in [5.41, 5.74) is 1.83. The Labute approximate surface area is 142 Å². The van der Waals surface area contributed by atoms with Crippen LogP contribution in [-0.4, -0.2) is 29.6 Å².